The molecule has 0 radical (unpaired) electrons. The van der Waals surface area contributed by atoms with Crippen LogP contribution in [0.4, 0.5) is 17.1 Å². The summed E-state index contributed by atoms with van der Waals surface area (Å²) in [6.45, 7) is 4.08. The van der Waals surface area contributed by atoms with Gasteiger partial charge in [-0.2, -0.15) is 0 Å². The van der Waals surface area contributed by atoms with Crippen molar-refractivity contribution in [3.63, 3.8) is 0 Å². The van der Waals surface area contributed by atoms with Crippen molar-refractivity contribution in [3.05, 3.63) is 71.5 Å². The van der Waals surface area contributed by atoms with Gasteiger partial charge in [0, 0.05) is 23.6 Å². The first-order valence-electron chi connectivity index (χ1n) is 8.83. The number of pyridine rings is 1. The van der Waals surface area contributed by atoms with Crippen LogP contribution in [0, 0.1) is 13.8 Å². The van der Waals surface area contributed by atoms with E-state index in [0.717, 1.165) is 22.5 Å². The Labute approximate surface area is 164 Å². The molecule has 3 aromatic rings. The van der Waals surface area contributed by atoms with Crippen LogP contribution in [0.5, 0.6) is 11.5 Å². The van der Waals surface area contributed by atoms with Crippen LogP contribution in [0.1, 0.15) is 21.5 Å². The molecule has 0 saturated carbocycles. The summed E-state index contributed by atoms with van der Waals surface area (Å²) in [7, 11) is 3.12. The number of carbonyl (C=O) groups excluding carboxylic acids is 1. The van der Waals surface area contributed by atoms with Crippen molar-refractivity contribution in [2.45, 2.75) is 13.8 Å². The summed E-state index contributed by atoms with van der Waals surface area (Å²) in [4.78, 5) is 16.9. The van der Waals surface area contributed by atoms with Gasteiger partial charge in [-0.1, -0.05) is 18.2 Å². The van der Waals surface area contributed by atoms with Crippen LogP contribution in [0.15, 0.2) is 54.9 Å². The zero-order valence-corrected chi connectivity index (χ0v) is 16.4. The first-order valence-corrected chi connectivity index (χ1v) is 8.83. The second kappa shape index (κ2) is 8.43. The Balaban J connectivity index is 1.79. The lowest BCUT2D eigenvalue weighted by Crippen LogP contribution is -2.12. The molecular formula is C22H23N3O3. The highest BCUT2D eigenvalue weighted by molar-refractivity contribution is 6.04. The molecule has 6 heteroatoms. The van der Waals surface area contributed by atoms with Crippen LogP contribution in [-0.2, 0) is 0 Å². The van der Waals surface area contributed by atoms with Gasteiger partial charge in [0.05, 0.1) is 31.7 Å². The van der Waals surface area contributed by atoms with Gasteiger partial charge in [-0.25, -0.2) is 0 Å². The van der Waals surface area contributed by atoms with Crippen molar-refractivity contribution in [1.82, 2.24) is 4.98 Å². The van der Waals surface area contributed by atoms with Gasteiger partial charge in [0.2, 0.25) is 0 Å². The van der Waals surface area contributed by atoms with Crippen molar-refractivity contribution >= 4 is 23.0 Å². The lowest BCUT2D eigenvalue weighted by atomic mass is 10.1. The summed E-state index contributed by atoms with van der Waals surface area (Å²) in [6.07, 6.45) is 3.23. The molecule has 0 atom stereocenters. The average molecular weight is 377 g/mol. The van der Waals surface area contributed by atoms with Gasteiger partial charge in [0.25, 0.3) is 5.91 Å². The van der Waals surface area contributed by atoms with E-state index in [0.29, 0.717) is 22.7 Å². The number of carbonyl (C=O) groups is 1. The van der Waals surface area contributed by atoms with Gasteiger partial charge < -0.3 is 20.1 Å². The maximum atomic E-state index is 12.7. The SMILES string of the molecule is COc1ccc(NC(=O)c2cncc(Nc3c(C)cccc3C)c2)cc1OC. The zero-order valence-electron chi connectivity index (χ0n) is 16.4. The second-order valence-corrected chi connectivity index (χ2v) is 6.38. The number of hydrogen-bond donors (Lipinski definition) is 2. The number of nitrogens with one attached hydrogen (secondary N) is 2. The van der Waals surface area contributed by atoms with Gasteiger partial charge in [0.1, 0.15) is 0 Å². The summed E-state index contributed by atoms with van der Waals surface area (Å²) in [5.74, 6) is 0.885. The van der Waals surface area contributed by atoms with Gasteiger partial charge >= 0.3 is 0 Å². The monoisotopic (exact) mass is 377 g/mol. The molecule has 1 heterocycles. The summed E-state index contributed by atoms with van der Waals surface area (Å²) >= 11 is 0. The van der Waals surface area contributed by atoms with E-state index in [9.17, 15) is 4.79 Å². The van der Waals surface area contributed by atoms with Crippen molar-refractivity contribution in [3.8, 4) is 11.5 Å². The number of methoxy groups -OCH3 is 2. The molecule has 0 fully saturated rings. The van der Waals surface area contributed by atoms with E-state index in [2.05, 4.69) is 15.6 Å². The van der Waals surface area contributed by atoms with Gasteiger partial charge in [-0.3, -0.25) is 9.78 Å². The number of ether oxygens (including phenoxy) is 2. The molecule has 0 bridgehead atoms. The number of benzene rings is 2. The molecule has 0 aliphatic heterocycles. The predicted octanol–water partition coefficient (Wildman–Crippen LogP) is 4.71. The number of anilines is 3. The fraction of sp³-hybridized carbons (Fsp3) is 0.182. The Morgan fingerprint density at radius 3 is 2.29 bits per heavy atom. The first kappa shape index (κ1) is 19.2. The molecule has 2 N–H and O–H groups in total. The Kier molecular flexibility index (Phi) is 5.79. The molecular weight excluding hydrogens is 354 g/mol. The minimum absolute atomic E-state index is 0.259. The highest BCUT2D eigenvalue weighted by atomic mass is 16.5. The number of amides is 1. The normalized spacial score (nSPS) is 10.3. The van der Waals surface area contributed by atoms with E-state index in [1.54, 1.807) is 44.7 Å². The third kappa shape index (κ3) is 4.23. The predicted molar refractivity (Wildman–Crippen MR) is 111 cm³/mol. The van der Waals surface area contributed by atoms with Gasteiger partial charge in [0.15, 0.2) is 11.5 Å². The molecule has 2 aromatic carbocycles. The van der Waals surface area contributed by atoms with E-state index in [1.807, 2.05) is 32.0 Å². The zero-order chi connectivity index (χ0) is 20.1. The van der Waals surface area contributed by atoms with Crippen LogP contribution in [0.25, 0.3) is 0 Å². The summed E-state index contributed by atoms with van der Waals surface area (Å²) in [5, 5.41) is 6.21. The lowest BCUT2D eigenvalue weighted by molar-refractivity contribution is 0.102. The molecule has 28 heavy (non-hydrogen) atoms. The minimum atomic E-state index is -0.259. The third-order valence-electron chi connectivity index (χ3n) is 4.39. The Hall–Kier alpha value is -3.54. The van der Waals surface area contributed by atoms with E-state index in [1.165, 1.54) is 6.20 Å². The fourth-order valence-corrected chi connectivity index (χ4v) is 2.91. The van der Waals surface area contributed by atoms with Crippen LogP contribution < -0.4 is 20.1 Å². The largest absolute Gasteiger partial charge is 0.493 e. The quantitative estimate of drug-likeness (QED) is 0.651. The van der Waals surface area contributed by atoms with Crippen LogP contribution in [0.3, 0.4) is 0 Å². The molecule has 0 unspecified atom stereocenters. The van der Waals surface area contributed by atoms with E-state index in [4.69, 9.17) is 9.47 Å². The number of aryl methyl sites for hydroxylation is 2. The molecule has 0 saturated heterocycles. The molecule has 1 amide bonds. The number of para-hydroxylation sites is 1. The Morgan fingerprint density at radius 1 is 0.893 bits per heavy atom. The van der Waals surface area contributed by atoms with Crippen molar-refractivity contribution in [2.24, 2.45) is 0 Å². The topological polar surface area (TPSA) is 72.5 Å². The Morgan fingerprint density at radius 2 is 1.61 bits per heavy atom. The molecule has 1 aromatic heterocycles. The van der Waals surface area contributed by atoms with Gasteiger partial charge in [-0.15, -0.1) is 0 Å². The number of nitrogens with zero attached hydrogens (tertiary/aromatic N) is 1. The van der Waals surface area contributed by atoms with Crippen molar-refractivity contribution in [2.75, 3.05) is 24.9 Å². The van der Waals surface area contributed by atoms with Crippen molar-refractivity contribution < 1.29 is 14.3 Å². The number of rotatable bonds is 6. The van der Waals surface area contributed by atoms with Crippen LogP contribution in [0.2, 0.25) is 0 Å². The maximum Gasteiger partial charge on any atom is 0.257 e. The molecule has 3 rings (SSSR count). The number of aromatic nitrogens is 1. The van der Waals surface area contributed by atoms with E-state index in [-0.39, 0.29) is 5.91 Å². The third-order valence-corrected chi connectivity index (χ3v) is 4.39. The molecule has 0 aliphatic carbocycles. The fourth-order valence-electron chi connectivity index (χ4n) is 2.91. The van der Waals surface area contributed by atoms with Crippen LogP contribution in [-0.4, -0.2) is 25.1 Å². The summed E-state index contributed by atoms with van der Waals surface area (Å²) < 4.78 is 10.5. The Bertz CT molecular complexity index is 982. The van der Waals surface area contributed by atoms with Crippen molar-refractivity contribution in [1.29, 1.82) is 0 Å². The van der Waals surface area contributed by atoms with E-state index < -0.39 is 0 Å². The lowest BCUT2D eigenvalue weighted by Gasteiger charge is -2.13. The smallest absolute Gasteiger partial charge is 0.257 e. The highest BCUT2D eigenvalue weighted by Gasteiger charge is 2.11. The van der Waals surface area contributed by atoms with E-state index >= 15 is 0 Å². The minimum Gasteiger partial charge on any atom is -0.493 e. The van der Waals surface area contributed by atoms with Crippen LogP contribution >= 0.6 is 0 Å². The molecule has 144 valence electrons. The van der Waals surface area contributed by atoms with Gasteiger partial charge in [-0.05, 0) is 43.2 Å². The first-order chi connectivity index (χ1) is 13.5. The average Bonchev–Trinajstić information content (AvgIpc) is 2.71. The standard InChI is InChI=1S/C22H23N3O3/c1-14-6-5-7-15(2)21(14)24-18-10-16(12-23-13-18)22(26)25-17-8-9-19(27-3)20(11-17)28-4/h5-13,24H,1-4H3,(H,25,26). The molecule has 6 nitrogen and oxygen atoms in total. The highest BCUT2D eigenvalue weighted by Crippen LogP contribution is 2.30. The maximum absolute atomic E-state index is 12.7. The second-order valence-electron chi connectivity index (χ2n) is 6.38. The summed E-state index contributed by atoms with van der Waals surface area (Å²) in [5.41, 5.74) is 5.07. The molecule has 0 spiro atoms. The molecule has 0 aliphatic rings. The summed E-state index contributed by atoms with van der Waals surface area (Å²) in [6, 6.07) is 13.1. The number of hydrogen-bond acceptors (Lipinski definition) is 5.